The van der Waals surface area contributed by atoms with Crippen molar-refractivity contribution in [2.45, 2.75) is 23.8 Å². The van der Waals surface area contributed by atoms with Crippen LogP contribution >= 0.6 is 11.8 Å². The summed E-state index contributed by atoms with van der Waals surface area (Å²) >= 11 is 1.55. The number of thioether (sulfide) groups is 1. The molecule has 0 radical (unpaired) electrons. The van der Waals surface area contributed by atoms with Gasteiger partial charge in [-0.15, -0.1) is 0 Å². The first-order valence-corrected chi connectivity index (χ1v) is 7.54. The van der Waals surface area contributed by atoms with Gasteiger partial charge in [-0.05, 0) is 23.5 Å². The Balaban J connectivity index is 2.77. The summed E-state index contributed by atoms with van der Waals surface area (Å²) in [7, 11) is 4.71. The third-order valence-corrected chi connectivity index (χ3v) is 3.93. The molecule has 1 aromatic rings. The number of benzene rings is 1. The van der Waals surface area contributed by atoms with Gasteiger partial charge in [0.05, 0.1) is 13.2 Å². The van der Waals surface area contributed by atoms with Gasteiger partial charge < -0.3 is 14.2 Å². The molecule has 1 atom stereocenters. The van der Waals surface area contributed by atoms with Crippen molar-refractivity contribution >= 4 is 17.7 Å². The lowest BCUT2D eigenvalue weighted by Gasteiger charge is -2.16. The van der Waals surface area contributed by atoms with Crippen molar-refractivity contribution in [3.05, 3.63) is 41.3 Å². The van der Waals surface area contributed by atoms with Gasteiger partial charge >= 0.3 is 5.97 Å². The lowest BCUT2D eigenvalue weighted by molar-refractivity contribution is -0.134. The van der Waals surface area contributed by atoms with Crippen LogP contribution in [0.5, 0.6) is 0 Å². The van der Waals surface area contributed by atoms with Crippen LogP contribution in [0.4, 0.5) is 0 Å². The van der Waals surface area contributed by atoms with Crippen molar-refractivity contribution in [3.63, 3.8) is 0 Å². The molecular weight excluding hydrogens is 288 g/mol. The van der Waals surface area contributed by atoms with Crippen LogP contribution in [0.15, 0.2) is 46.2 Å². The molecular formula is C16H22O4S. The lowest BCUT2D eigenvalue weighted by Crippen LogP contribution is -2.14. The predicted molar refractivity (Wildman–Crippen MR) is 84.3 cm³/mol. The third kappa shape index (κ3) is 7.32. The van der Waals surface area contributed by atoms with Crippen molar-refractivity contribution in [1.82, 2.24) is 0 Å². The number of rotatable bonds is 9. The van der Waals surface area contributed by atoms with Gasteiger partial charge in [-0.2, -0.15) is 0 Å². The van der Waals surface area contributed by atoms with Crippen molar-refractivity contribution in [2.24, 2.45) is 0 Å². The Morgan fingerprint density at radius 3 is 2.52 bits per heavy atom. The maximum absolute atomic E-state index is 11.5. The van der Waals surface area contributed by atoms with Crippen molar-refractivity contribution in [1.29, 1.82) is 0 Å². The van der Waals surface area contributed by atoms with Gasteiger partial charge in [-0.1, -0.05) is 30.0 Å². The maximum atomic E-state index is 11.5. The molecule has 0 heterocycles. The second kappa shape index (κ2) is 10.4. The SMILES string of the molecule is COCCC(C/C(=C/C(=O)OC)Sc1ccccc1)OC. The monoisotopic (exact) mass is 310 g/mol. The van der Waals surface area contributed by atoms with Gasteiger partial charge in [0.1, 0.15) is 0 Å². The fraction of sp³-hybridized carbons (Fsp3) is 0.438. The number of hydrogen-bond acceptors (Lipinski definition) is 5. The van der Waals surface area contributed by atoms with Crippen LogP contribution in [-0.2, 0) is 19.0 Å². The molecule has 1 unspecified atom stereocenters. The molecule has 1 aromatic carbocycles. The molecule has 116 valence electrons. The molecule has 0 aromatic heterocycles. The van der Waals surface area contributed by atoms with E-state index < -0.39 is 0 Å². The summed E-state index contributed by atoms with van der Waals surface area (Å²) in [5, 5.41) is 0. The van der Waals surface area contributed by atoms with Crippen LogP contribution in [0, 0.1) is 0 Å². The van der Waals surface area contributed by atoms with Crippen molar-refractivity contribution in [3.8, 4) is 0 Å². The second-order valence-electron chi connectivity index (χ2n) is 4.39. The molecule has 21 heavy (non-hydrogen) atoms. The van der Waals surface area contributed by atoms with Gasteiger partial charge in [-0.3, -0.25) is 0 Å². The summed E-state index contributed by atoms with van der Waals surface area (Å²) in [5.41, 5.74) is 0. The number of esters is 1. The third-order valence-electron chi connectivity index (χ3n) is 2.88. The Labute approximate surface area is 130 Å². The van der Waals surface area contributed by atoms with Crippen LogP contribution in [0.2, 0.25) is 0 Å². The van der Waals surface area contributed by atoms with E-state index in [9.17, 15) is 4.79 Å². The van der Waals surface area contributed by atoms with E-state index in [0.717, 1.165) is 16.2 Å². The van der Waals surface area contributed by atoms with E-state index >= 15 is 0 Å². The minimum atomic E-state index is -0.352. The summed E-state index contributed by atoms with van der Waals surface area (Å²) in [6.07, 6.45) is 2.96. The van der Waals surface area contributed by atoms with Crippen LogP contribution in [0.1, 0.15) is 12.8 Å². The van der Waals surface area contributed by atoms with E-state index in [1.165, 1.54) is 13.2 Å². The van der Waals surface area contributed by atoms with Gasteiger partial charge in [0.15, 0.2) is 0 Å². The maximum Gasteiger partial charge on any atom is 0.331 e. The Morgan fingerprint density at radius 1 is 1.24 bits per heavy atom. The largest absolute Gasteiger partial charge is 0.466 e. The highest BCUT2D eigenvalue weighted by molar-refractivity contribution is 8.03. The summed E-state index contributed by atoms with van der Waals surface area (Å²) in [4.78, 5) is 13.5. The van der Waals surface area contributed by atoms with Gasteiger partial charge in [0.2, 0.25) is 0 Å². The molecule has 0 aliphatic rings. The number of carbonyl (C=O) groups is 1. The fourth-order valence-electron chi connectivity index (χ4n) is 1.74. The topological polar surface area (TPSA) is 44.8 Å². The molecule has 0 spiro atoms. The first kappa shape index (κ1) is 17.8. The van der Waals surface area contributed by atoms with Crippen LogP contribution in [0.3, 0.4) is 0 Å². The van der Waals surface area contributed by atoms with Gasteiger partial charge in [-0.25, -0.2) is 4.79 Å². The predicted octanol–water partition coefficient (Wildman–Crippen LogP) is 3.28. The zero-order valence-corrected chi connectivity index (χ0v) is 13.5. The average molecular weight is 310 g/mol. The van der Waals surface area contributed by atoms with E-state index in [1.54, 1.807) is 26.0 Å². The Bertz CT molecular complexity index is 445. The molecule has 4 nitrogen and oxygen atoms in total. The Kier molecular flexibility index (Phi) is 8.82. The highest BCUT2D eigenvalue weighted by Gasteiger charge is 2.13. The first-order valence-electron chi connectivity index (χ1n) is 6.72. The quantitative estimate of drug-likeness (QED) is 0.398. The van der Waals surface area contributed by atoms with E-state index in [-0.39, 0.29) is 12.1 Å². The molecule has 0 aliphatic carbocycles. The zero-order chi connectivity index (χ0) is 15.5. The normalized spacial score (nSPS) is 13.0. The van der Waals surface area contributed by atoms with Crippen molar-refractivity contribution in [2.75, 3.05) is 27.9 Å². The van der Waals surface area contributed by atoms with Crippen LogP contribution < -0.4 is 0 Å². The highest BCUT2D eigenvalue weighted by Crippen LogP contribution is 2.30. The summed E-state index contributed by atoms with van der Waals surface area (Å²) in [6, 6.07) is 9.91. The lowest BCUT2D eigenvalue weighted by atomic mass is 10.2. The molecule has 0 fully saturated rings. The smallest absolute Gasteiger partial charge is 0.331 e. The molecule has 0 N–H and O–H groups in total. The average Bonchev–Trinajstić information content (AvgIpc) is 2.52. The molecule has 5 heteroatoms. The fourth-order valence-corrected chi connectivity index (χ4v) is 2.76. The number of ether oxygens (including phenoxy) is 3. The molecule has 0 saturated heterocycles. The van der Waals surface area contributed by atoms with E-state index in [4.69, 9.17) is 14.2 Å². The second-order valence-corrected chi connectivity index (χ2v) is 5.59. The highest BCUT2D eigenvalue weighted by atomic mass is 32.2. The van der Waals surface area contributed by atoms with E-state index in [2.05, 4.69) is 0 Å². The van der Waals surface area contributed by atoms with Gasteiger partial charge in [0, 0.05) is 38.2 Å². The Morgan fingerprint density at radius 2 is 1.95 bits per heavy atom. The minimum absolute atomic E-state index is 0.0112. The van der Waals surface area contributed by atoms with Crippen LogP contribution in [0.25, 0.3) is 0 Å². The van der Waals surface area contributed by atoms with Gasteiger partial charge in [0.25, 0.3) is 0 Å². The molecule has 0 saturated carbocycles. The van der Waals surface area contributed by atoms with E-state index in [1.807, 2.05) is 30.3 Å². The summed E-state index contributed by atoms with van der Waals surface area (Å²) < 4.78 is 15.2. The first-order chi connectivity index (χ1) is 10.2. The molecule has 0 aliphatic heterocycles. The molecule has 1 rings (SSSR count). The number of methoxy groups -OCH3 is 3. The minimum Gasteiger partial charge on any atom is -0.466 e. The zero-order valence-electron chi connectivity index (χ0n) is 12.7. The summed E-state index contributed by atoms with van der Waals surface area (Å²) in [6.45, 7) is 0.625. The Hall–Kier alpha value is -1.30. The number of carbonyl (C=O) groups excluding carboxylic acids is 1. The molecule has 0 bridgehead atoms. The standard InChI is InChI=1S/C16H22O4S/c1-18-10-9-13(19-2)11-15(12-16(17)20-3)21-14-7-5-4-6-8-14/h4-8,12-13H,9-11H2,1-3H3/b15-12-. The van der Waals surface area contributed by atoms with Crippen LogP contribution in [-0.4, -0.2) is 40.0 Å². The van der Waals surface area contributed by atoms with E-state index in [0.29, 0.717) is 13.0 Å². The van der Waals surface area contributed by atoms with Crippen molar-refractivity contribution < 1.29 is 19.0 Å². The molecule has 0 amide bonds. The summed E-state index contributed by atoms with van der Waals surface area (Å²) in [5.74, 6) is -0.352. The number of hydrogen-bond donors (Lipinski definition) is 0.